The van der Waals surface area contributed by atoms with Crippen molar-refractivity contribution in [3.05, 3.63) is 29.8 Å². The summed E-state index contributed by atoms with van der Waals surface area (Å²) in [6.07, 6.45) is -0.412. The van der Waals surface area contributed by atoms with Gasteiger partial charge in [0.2, 0.25) is 0 Å². The summed E-state index contributed by atoms with van der Waals surface area (Å²) >= 11 is 0. The lowest BCUT2D eigenvalue weighted by molar-refractivity contribution is 0.122. The third-order valence-electron chi connectivity index (χ3n) is 1.57. The van der Waals surface area contributed by atoms with Gasteiger partial charge in [-0.2, -0.15) is 0 Å². The first-order valence-electron chi connectivity index (χ1n) is 4.06. The Morgan fingerprint density at radius 1 is 1.38 bits per heavy atom. The molecule has 0 spiro atoms. The lowest BCUT2D eigenvalue weighted by Gasteiger charge is -2.09. The van der Waals surface area contributed by atoms with Crippen molar-refractivity contribution in [3.63, 3.8) is 0 Å². The van der Waals surface area contributed by atoms with Crippen LogP contribution in [0.25, 0.3) is 0 Å². The van der Waals surface area contributed by atoms with Gasteiger partial charge < -0.3 is 9.84 Å². The average Bonchev–Trinajstić information content (AvgIpc) is 2.03. The zero-order valence-corrected chi connectivity index (χ0v) is 8.67. The molecule has 74 valence electrons. The van der Waals surface area contributed by atoms with Crippen LogP contribution in [0.4, 0.5) is 0 Å². The molecule has 0 radical (unpaired) electrons. The highest BCUT2D eigenvalue weighted by Crippen LogP contribution is 2.15. The van der Waals surface area contributed by atoms with Crippen LogP contribution in [0, 0.1) is 6.92 Å². The molecule has 13 heavy (non-hydrogen) atoms. The van der Waals surface area contributed by atoms with Gasteiger partial charge in [-0.05, 0) is 25.5 Å². The van der Waals surface area contributed by atoms with E-state index < -0.39 is 6.10 Å². The van der Waals surface area contributed by atoms with Gasteiger partial charge in [0.15, 0.2) is 0 Å². The zero-order valence-electron chi connectivity index (χ0n) is 7.86. The van der Waals surface area contributed by atoms with Crippen molar-refractivity contribution in [3.8, 4) is 5.75 Å². The van der Waals surface area contributed by atoms with Crippen molar-refractivity contribution in [2.45, 2.75) is 20.0 Å². The van der Waals surface area contributed by atoms with E-state index in [0.717, 1.165) is 11.3 Å². The number of ether oxygens (including phenoxy) is 1. The van der Waals surface area contributed by atoms with E-state index >= 15 is 0 Å². The Labute approximate surface area is 85.0 Å². The van der Waals surface area contributed by atoms with Crippen molar-refractivity contribution in [2.75, 3.05) is 6.61 Å². The van der Waals surface area contributed by atoms with Gasteiger partial charge in [-0.1, -0.05) is 18.2 Å². The first kappa shape index (κ1) is 12.3. The molecule has 0 heterocycles. The largest absolute Gasteiger partial charge is 0.491 e. The molecule has 0 aliphatic rings. The molecule has 2 nitrogen and oxygen atoms in total. The molecule has 0 bridgehead atoms. The topological polar surface area (TPSA) is 29.5 Å². The quantitative estimate of drug-likeness (QED) is 0.814. The molecule has 3 heteroatoms. The first-order chi connectivity index (χ1) is 5.70. The van der Waals surface area contributed by atoms with Gasteiger partial charge in [0.1, 0.15) is 12.4 Å². The Bertz CT molecular complexity index is 248. The van der Waals surface area contributed by atoms with Crippen LogP contribution in [-0.4, -0.2) is 17.8 Å². The van der Waals surface area contributed by atoms with E-state index in [1.165, 1.54) is 0 Å². The molecule has 0 aromatic heterocycles. The van der Waals surface area contributed by atoms with Crippen molar-refractivity contribution >= 4 is 12.4 Å². The molecule has 1 atom stereocenters. The molecule has 1 unspecified atom stereocenters. The standard InChI is InChI=1S/C10H14O2.ClH/c1-8-5-3-4-6-10(8)12-7-9(2)11;/h3-6,9,11H,7H2,1-2H3;1H. The molecule has 0 saturated heterocycles. The van der Waals surface area contributed by atoms with Crippen LogP contribution < -0.4 is 4.74 Å². The fourth-order valence-corrected chi connectivity index (χ4v) is 0.929. The summed E-state index contributed by atoms with van der Waals surface area (Å²) in [4.78, 5) is 0. The van der Waals surface area contributed by atoms with Gasteiger partial charge in [-0.3, -0.25) is 0 Å². The summed E-state index contributed by atoms with van der Waals surface area (Å²) in [5, 5.41) is 8.98. The van der Waals surface area contributed by atoms with Crippen LogP contribution in [0.15, 0.2) is 24.3 Å². The van der Waals surface area contributed by atoms with E-state index in [-0.39, 0.29) is 12.4 Å². The number of halogens is 1. The number of benzene rings is 1. The lowest BCUT2D eigenvalue weighted by Crippen LogP contribution is -2.13. The van der Waals surface area contributed by atoms with Gasteiger partial charge in [0.25, 0.3) is 0 Å². The molecule has 1 rings (SSSR count). The van der Waals surface area contributed by atoms with Crippen LogP contribution in [0.1, 0.15) is 12.5 Å². The predicted octanol–water partition coefficient (Wildman–Crippen LogP) is 2.18. The highest BCUT2D eigenvalue weighted by Gasteiger charge is 1.99. The number of hydrogen-bond donors (Lipinski definition) is 1. The summed E-state index contributed by atoms with van der Waals surface area (Å²) in [6.45, 7) is 4.04. The summed E-state index contributed by atoms with van der Waals surface area (Å²) in [6, 6.07) is 7.77. The second-order valence-corrected chi connectivity index (χ2v) is 2.93. The Balaban J connectivity index is 0.00000144. The number of rotatable bonds is 3. The minimum atomic E-state index is -0.412. The van der Waals surface area contributed by atoms with Crippen LogP contribution >= 0.6 is 12.4 Å². The van der Waals surface area contributed by atoms with Gasteiger partial charge in [-0.25, -0.2) is 0 Å². The third-order valence-corrected chi connectivity index (χ3v) is 1.57. The summed E-state index contributed by atoms with van der Waals surface area (Å²) < 4.78 is 5.35. The van der Waals surface area contributed by atoms with Crippen LogP contribution in [-0.2, 0) is 0 Å². The fraction of sp³-hybridized carbons (Fsp3) is 0.400. The Hall–Kier alpha value is -0.730. The van der Waals surface area contributed by atoms with E-state index in [1.807, 2.05) is 31.2 Å². The van der Waals surface area contributed by atoms with Crippen molar-refractivity contribution in [1.29, 1.82) is 0 Å². The molecule has 1 N–H and O–H groups in total. The Morgan fingerprint density at radius 3 is 2.54 bits per heavy atom. The highest BCUT2D eigenvalue weighted by atomic mass is 35.5. The Morgan fingerprint density at radius 2 is 2.00 bits per heavy atom. The Kier molecular flexibility index (Phi) is 5.51. The van der Waals surface area contributed by atoms with Crippen molar-refractivity contribution < 1.29 is 9.84 Å². The summed E-state index contributed by atoms with van der Waals surface area (Å²) in [7, 11) is 0. The first-order valence-corrected chi connectivity index (χ1v) is 4.06. The van der Waals surface area contributed by atoms with Gasteiger partial charge in [0.05, 0.1) is 6.10 Å². The fourth-order valence-electron chi connectivity index (χ4n) is 0.929. The lowest BCUT2D eigenvalue weighted by atomic mass is 10.2. The van der Waals surface area contributed by atoms with E-state index in [2.05, 4.69) is 0 Å². The molecule has 0 saturated carbocycles. The molecular formula is C10H15ClO2. The zero-order chi connectivity index (χ0) is 8.97. The second kappa shape index (κ2) is 5.84. The maximum absolute atomic E-state index is 8.98. The molecule has 0 amide bonds. The summed E-state index contributed by atoms with van der Waals surface area (Å²) in [5.41, 5.74) is 1.10. The van der Waals surface area contributed by atoms with Crippen LogP contribution in [0.2, 0.25) is 0 Å². The number of aliphatic hydroxyl groups excluding tert-OH is 1. The minimum Gasteiger partial charge on any atom is -0.491 e. The highest BCUT2D eigenvalue weighted by molar-refractivity contribution is 5.85. The third kappa shape index (κ3) is 4.15. The SMILES string of the molecule is Cc1ccccc1OCC(C)O.Cl. The van der Waals surface area contributed by atoms with E-state index in [0.29, 0.717) is 6.61 Å². The number of aliphatic hydroxyl groups is 1. The monoisotopic (exact) mass is 202 g/mol. The molecule has 1 aromatic carbocycles. The number of aryl methyl sites for hydroxylation is 1. The van der Waals surface area contributed by atoms with E-state index in [1.54, 1.807) is 6.92 Å². The molecule has 0 aliphatic carbocycles. The predicted molar refractivity (Wildman–Crippen MR) is 55.6 cm³/mol. The number of para-hydroxylation sites is 1. The van der Waals surface area contributed by atoms with Gasteiger partial charge in [-0.15, -0.1) is 12.4 Å². The van der Waals surface area contributed by atoms with Gasteiger partial charge in [0, 0.05) is 0 Å². The van der Waals surface area contributed by atoms with Crippen molar-refractivity contribution in [1.82, 2.24) is 0 Å². The van der Waals surface area contributed by atoms with Crippen LogP contribution in [0.3, 0.4) is 0 Å². The van der Waals surface area contributed by atoms with Crippen LogP contribution in [0.5, 0.6) is 5.75 Å². The average molecular weight is 203 g/mol. The second-order valence-electron chi connectivity index (χ2n) is 2.93. The molecule has 0 fully saturated rings. The smallest absolute Gasteiger partial charge is 0.122 e. The van der Waals surface area contributed by atoms with Crippen molar-refractivity contribution in [2.24, 2.45) is 0 Å². The molecular weight excluding hydrogens is 188 g/mol. The normalized spacial score (nSPS) is 11.6. The van der Waals surface area contributed by atoms with E-state index in [4.69, 9.17) is 9.84 Å². The van der Waals surface area contributed by atoms with E-state index in [9.17, 15) is 0 Å². The molecule has 1 aromatic rings. The number of hydrogen-bond acceptors (Lipinski definition) is 2. The molecule has 0 aliphatic heterocycles. The minimum absolute atomic E-state index is 0. The van der Waals surface area contributed by atoms with Gasteiger partial charge >= 0.3 is 0 Å². The maximum Gasteiger partial charge on any atom is 0.122 e. The maximum atomic E-state index is 8.98. The summed E-state index contributed by atoms with van der Waals surface area (Å²) in [5.74, 6) is 0.846.